The van der Waals surface area contributed by atoms with Crippen LogP contribution in [0.4, 0.5) is 14.5 Å². The Bertz CT molecular complexity index is 793. The SMILES string of the molecule is CC(C)COc1cccc(C(=O)OCC(=O)Nc2ccc(F)c(F)c2)c1. The molecule has 2 aromatic carbocycles. The molecule has 2 rings (SSSR count). The van der Waals surface area contributed by atoms with Crippen molar-refractivity contribution in [2.45, 2.75) is 13.8 Å². The van der Waals surface area contributed by atoms with Crippen molar-refractivity contribution in [3.63, 3.8) is 0 Å². The highest BCUT2D eigenvalue weighted by Crippen LogP contribution is 2.16. The van der Waals surface area contributed by atoms with Crippen LogP contribution < -0.4 is 10.1 Å². The van der Waals surface area contributed by atoms with Gasteiger partial charge in [-0.15, -0.1) is 0 Å². The first kappa shape index (κ1) is 19.4. The van der Waals surface area contributed by atoms with Gasteiger partial charge < -0.3 is 14.8 Å². The minimum Gasteiger partial charge on any atom is -0.493 e. The van der Waals surface area contributed by atoms with Crippen molar-refractivity contribution in [1.29, 1.82) is 0 Å². The van der Waals surface area contributed by atoms with E-state index in [9.17, 15) is 18.4 Å². The van der Waals surface area contributed by atoms with Gasteiger partial charge in [-0.1, -0.05) is 19.9 Å². The summed E-state index contributed by atoms with van der Waals surface area (Å²) < 4.78 is 36.4. The van der Waals surface area contributed by atoms with E-state index < -0.39 is 30.1 Å². The zero-order valence-corrected chi connectivity index (χ0v) is 14.4. The summed E-state index contributed by atoms with van der Waals surface area (Å²) in [5.74, 6) is -2.60. The molecule has 0 aromatic heterocycles. The molecule has 0 spiro atoms. The molecule has 7 heteroatoms. The van der Waals surface area contributed by atoms with E-state index in [1.165, 1.54) is 18.2 Å². The summed E-state index contributed by atoms with van der Waals surface area (Å²) in [7, 11) is 0. The average Bonchev–Trinajstić information content (AvgIpc) is 2.61. The highest BCUT2D eigenvalue weighted by Gasteiger charge is 2.12. The van der Waals surface area contributed by atoms with Crippen LogP contribution in [0.1, 0.15) is 24.2 Å². The largest absolute Gasteiger partial charge is 0.493 e. The number of amides is 1. The van der Waals surface area contributed by atoms with E-state index in [1.807, 2.05) is 13.8 Å². The smallest absolute Gasteiger partial charge is 0.338 e. The predicted molar refractivity (Wildman–Crippen MR) is 92.0 cm³/mol. The third-order valence-electron chi connectivity index (χ3n) is 3.19. The fourth-order valence-electron chi connectivity index (χ4n) is 1.96. The minimum absolute atomic E-state index is 0.0639. The van der Waals surface area contributed by atoms with Gasteiger partial charge in [0.15, 0.2) is 18.2 Å². The maximum atomic E-state index is 13.1. The zero-order chi connectivity index (χ0) is 19.1. The number of nitrogens with one attached hydrogen (secondary N) is 1. The number of carbonyl (C=O) groups excluding carboxylic acids is 2. The summed E-state index contributed by atoms with van der Waals surface area (Å²) in [6.45, 7) is 3.96. The van der Waals surface area contributed by atoms with Gasteiger partial charge in [0.2, 0.25) is 0 Å². The van der Waals surface area contributed by atoms with Crippen LogP contribution >= 0.6 is 0 Å². The Morgan fingerprint density at radius 2 is 1.85 bits per heavy atom. The van der Waals surface area contributed by atoms with Gasteiger partial charge in [0, 0.05) is 11.8 Å². The number of hydrogen-bond donors (Lipinski definition) is 1. The molecule has 0 saturated heterocycles. The lowest BCUT2D eigenvalue weighted by molar-refractivity contribution is -0.119. The second-order valence-corrected chi connectivity index (χ2v) is 5.99. The van der Waals surface area contributed by atoms with Crippen LogP contribution in [0.3, 0.4) is 0 Å². The number of halogens is 2. The third-order valence-corrected chi connectivity index (χ3v) is 3.19. The summed E-state index contributed by atoms with van der Waals surface area (Å²) in [5.41, 5.74) is 0.306. The van der Waals surface area contributed by atoms with Crippen LogP contribution in [0.5, 0.6) is 5.75 Å². The summed E-state index contributed by atoms with van der Waals surface area (Å²) in [6, 6.07) is 9.36. The van der Waals surface area contributed by atoms with Crippen LogP contribution in [-0.2, 0) is 9.53 Å². The highest BCUT2D eigenvalue weighted by atomic mass is 19.2. The van der Waals surface area contributed by atoms with Gasteiger partial charge in [-0.05, 0) is 36.2 Å². The molecule has 0 aliphatic heterocycles. The number of hydrogen-bond acceptors (Lipinski definition) is 4. The van der Waals surface area contributed by atoms with E-state index in [-0.39, 0.29) is 11.3 Å². The molecule has 26 heavy (non-hydrogen) atoms. The first-order chi connectivity index (χ1) is 12.3. The van der Waals surface area contributed by atoms with Gasteiger partial charge in [0.25, 0.3) is 5.91 Å². The number of ether oxygens (including phenoxy) is 2. The summed E-state index contributed by atoms with van der Waals surface area (Å²) >= 11 is 0. The molecule has 1 N–H and O–H groups in total. The van der Waals surface area contributed by atoms with Gasteiger partial charge in [0.1, 0.15) is 5.75 Å². The fourth-order valence-corrected chi connectivity index (χ4v) is 1.96. The summed E-state index contributed by atoms with van der Waals surface area (Å²) in [6.07, 6.45) is 0. The van der Waals surface area contributed by atoms with Gasteiger partial charge in [-0.2, -0.15) is 0 Å². The average molecular weight is 363 g/mol. The molecule has 138 valence electrons. The van der Waals surface area contributed by atoms with Gasteiger partial charge >= 0.3 is 5.97 Å². The van der Waals surface area contributed by atoms with Crippen molar-refractivity contribution in [1.82, 2.24) is 0 Å². The predicted octanol–water partition coefficient (Wildman–Crippen LogP) is 3.80. The topological polar surface area (TPSA) is 64.6 Å². The van der Waals surface area contributed by atoms with Crippen molar-refractivity contribution in [3.8, 4) is 5.75 Å². The Morgan fingerprint density at radius 3 is 2.54 bits per heavy atom. The van der Waals surface area contributed by atoms with Crippen molar-refractivity contribution < 1.29 is 27.8 Å². The molecular weight excluding hydrogens is 344 g/mol. The van der Waals surface area contributed by atoms with E-state index in [0.717, 1.165) is 12.1 Å². The molecule has 1 amide bonds. The molecule has 0 atom stereocenters. The Hall–Kier alpha value is -2.96. The maximum Gasteiger partial charge on any atom is 0.338 e. The monoisotopic (exact) mass is 363 g/mol. The van der Waals surface area contributed by atoms with Gasteiger partial charge in [-0.25, -0.2) is 13.6 Å². The summed E-state index contributed by atoms with van der Waals surface area (Å²) in [5, 5.41) is 2.31. The lowest BCUT2D eigenvalue weighted by Crippen LogP contribution is -2.21. The Morgan fingerprint density at radius 1 is 1.08 bits per heavy atom. The van der Waals surface area contributed by atoms with Crippen LogP contribution in [-0.4, -0.2) is 25.1 Å². The quantitative estimate of drug-likeness (QED) is 0.760. The normalized spacial score (nSPS) is 10.5. The van der Waals surface area contributed by atoms with Crippen molar-refractivity contribution in [2.75, 3.05) is 18.5 Å². The highest BCUT2D eigenvalue weighted by molar-refractivity contribution is 5.95. The Balaban J connectivity index is 1.88. The third kappa shape index (κ3) is 5.84. The molecule has 2 aromatic rings. The Labute approximate surface area is 149 Å². The second-order valence-electron chi connectivity index (χ2n) is 5.99. The molecule has 0 fully saturated rings. The standard InChI is InChI=1S/C19H19F2NO4/c1-12(2)10-25-15-5-3-4-13(8-15)19(24)26-11-18(23)22-14-6-7-16(20)17(21)9-14/h3-9,12H,10-11H2,1-2H3,(H,22,23). The lowest BCUT2D eigenvalue weighted by atomic mass is 10.2. The first-order valence-corrected chi connectivity index (χ1v) is 8.00. The van der Waals surface area contributed by atoms with Crippen LogP contribution in [0.15, 0.2) is 42.5 Å². The number of benzene rings is 2. The van der Waals surface area contributed by atoms with E-state index in [1.54, 1.807) is 12.1 Å². The second kappa shape index (κ2) is 8.94. The van der Waals surface area contributed by atoms with E-state index in [4.69, 9.17) is 9.47 Å². The molecule has 0 aliphatic carbocycles. The van der Waals surface area contributed by atoms with Gasteiger partial charge in [0.05, 0.1) is 12.2 Å². The zero-order valence-electron chi connectivity index (χ0n) is 14.4. The Kier molecular flexibility index (Phi) is 6.66. The molecular formula is C19H19F2NO4. The van der Waals surface area contributed by atoms with E-state index in [2.05, 4.69) is 5.32 Å². The number of esters is 1. The molecule has 0 saturated carbocycles. The van der Waals surface area contributed by atoms with Gasteiger partial charge in [-0.3, -0.25) is 4.79 Å². The van der Waals surface area contributed by atoms with E-state index in [0.29, 0.717) is 18.3 Å². The van der Waals surface area contributed by atoms with Crippen molar-refractivity contribution in [2.24, 2.45) is 5.92 Å². The number of carbonyl (C=O) groups is 2. The first-order valence-electron chi connectivity index (χ1n) is 8.00. The van der Waals surface area contributed by atoms with E-state index >= 15 is 0 Å². The fraction of sp³-hybridized carbons (Fsp3) is 0.263. The van der Waals surface area contributed by atoms with Crippen molar-refractivity contribution >= 4 is 17.6 Å². The molecule has 0 heterocycles. The molecule has 5 nitrogen and oxygen atoms in total. The summed E-state index contributed by atoms with van der Waals surface area (Å²) in [4.78, 5) is 23.8. The number of rotatable bonds is 7. The van der Waals surface area contributed by atoms with Crippen LogP contribution in [0.2, 0.25) is 0 Å². The number of anilines is 1. The lowest BCUT2D eigenvalue weighted by Gasteiger charge is -2.10. The maximum absolute atomic E-state index is 13.1. The van der Waals surface area contributed by atoms with Crippen LogP contribution in [0, 0.1) is 17.6 Å². The molecule has 0 unspecified atom stereocenters. The van der Waals surface area contributed by atoms with Crippen molar-refractivity contribution in [3.05, 3.63) is 59.7 Å². The molecule has 0 bridgehead atoms. The van der Waals surface area contributed by atoms with Crippen LogP contribution in [0.25, 0.3) is 0 Å². The minimum atomic E-state index is -1.09. The molecule has 0 radical (unpaired) electrons. The molecule has 0 aliphatic rings.